The van der Waals surface area contributed by atoms with Gasteiger partial charge in [0.25, 0.3) is 0 Å². The number of ketones is 1. The molecule has 1 aliphatic rings. The summed E-state index contributed by atoms with van der Waals surface area (Å²) in [5.74, 6) is 0.818. The second-order valence-electron chi connectivity index (χ2n) is 6.09. The van der Waals surface area contributed by atoms with Gasteiger partial charge in [-0.2, -0.15) is 0 Å². The molecule has 0 spiro atoms. The molecule has 0 aliphatic carbocycles. The molecule has 1 N–H and O–H groups in total. The number of rotatable bonds is 3. The lowest BCUT2D eigenvalue weighted by Crippen LogP contribution is -2.20. The Morgan fingerprint density at radius 2 is 1.80 bits per heavy atom. The first-order valence-corrected chi connectivity index (χ1v) is 6.51. The SMILES string of the molecule is CC(=O)c1cc2c(cc1NC(=O)CC(C)(C)C)OCO2. The van der Waals surface area contributed by atoms with Gasteiger partial charge in [0.05, 0.1) is 5.69 Å². The van der Waals surface area contributed by atoms with E-state index in [1.807, 2.05) is 20.8 Å². The maximum absolute atomic E-state index is 12.0. The number of carbonyl (C=O) groups is 2. The highest BCUT2D eigenvalue weighted by molar-refractivity contribution is 6.04. The van der Waals surface area contributed by atoms with Gasteiger partial charge in [0.15, 0.2) is 17.3 Å². The molecule has 1 aliphatic heterocycles. The molecule has 20 heavy (non-hydrogen) atoms. The summed E-state index contributed by atoms with van der Waals surface area (Å²) in [4.78, 5) is 23.7. The smallest absolute Gasteiger partial charge is 0.231 e. The molecule has 2 rings (SSSR count). The van der Waals surface area contributed by atoms with Crippen molar-refractivity contribution in [3.8, 4) is 11.5 Å². The zero-order valence-corrected chi connectivity index (χ0v) is 12.2. The quantitative estimate of drug-likeness (QED) is 0.863. The molecule has 0 unspecified atom stereocenters. The summed E-state index contributed by atoms with van der Waals surface area (Å²) in [5, 5.41) is 2.78. The van der Waals surface area contributed by atoms with Crippen LogP contribution in [-0.4, -0.2) is 18.5 Å². The number of anilines is 1. The molecule has 0 bridgehead atoms. The fourth-order valence-corrected chi connectivity index (χ4v) is 2.01. The summed E-state index contributed by atoms with van der Waals surface area (Å²) >= 11 is 0. The van der Waals surface area contributed by atoms with Gasteiger partial charge in [-0.1, -0.05) is 20.8 Å². The number of benzene rings is 1. The molecule has 1 amide bonds. The minimum Gasteiger partial charge on any atom is -0.454 e. The lowest BCUT2D eigenvalue weighted by atomic mass is 9.92. The van der Waals surface area contributed by atoms with Gasteiger partial charge in [0.1, 0.15) is 0 Å². The van der Waals surface area contributed by atoms with E-state index in [0.717, 1.165) is 0 Å². The lowest BCUT2D eigenvalue weighted by Gasteiger charge is -2.18. The molecule has 1 heterocycles. The molecule has 108 valence electrons. The highest BCUT2D eigenvalue weighted by Crippen LogP contribution is 2.37. The Hall–Kier alpha value is -2.04. The van der Waals surface area contributed by atoms with E-state index in [-0.39, 0.29) is 23.9 Å². The fraction of sp³-hybridized carbons (Fsp3) is 0.467. The van der Waals surface area contributed by atoms with Crippen LogP contribution >= 0.6 is 0 Å². The van der Waals surface area contributed by atoms with E-state index < -0.39 is 0 Å². The highest BCUT2D eigenvalue weighted by Gasteiger charge is 2.22. The third-order valence-electron chi connectivity index (χ3n) is 2.86. The molecule has 0 atom stereocenters. The number of ether oxygens (including phenoxy) is 2. The van der Waals surface area contributed by atoms with Gasteiger partial charge in [-0.15, -0.1) is 0 Å². The van der Waals surface area contributed by atoms with Gasteiger partial charge in [-0.05, 0) is 18.4 Å². The van der Waals surface area contributed by atoms with Crippen LogP contribution in [0.4, 0.5) is 5.69 Å². The Morgan fingerprint density at radius 1 is 1.20 bits per heavy atom. The number of hydrogen-bond donors (Lipinski definition) is 1. The molecule has 0 saturated heterocycles. The van der Waals surface area contributed by atoms with Crippen LogP contribution in [0.3, 0.4) is 0 Å². The van der Waals surface area contributed by atoms with Crippen LogP contribution in [0, 0.1) is 5.41 Å². The van der Waals surface area contributed by atoms with Crippen molar-refractivity contribution in [1.29, 1.82) is 0 Å². The average Bonchev–Trinajstić information content (AvgIpc) is 2.71. The van der Waals surface area contributed by atoms with E-state index in [1.165, 1.54) is 6.92 Å². The van der Waals surface area contributed by atoms with Crippen molar-refractivity contribution in [3.63, 3.8) is 0 Å². The van der Waals surface area contributed by atoms with Crippen LogP contribution in [0.1, 0.15) is 44.5 Å². The summed E-state index contributed by atoms with van der Waals surface area (Å²) in [6, 6.07) is 3.25. The van der Waals surface area contributed by atoms with Crippen LogP contribution < -0.4 is 14.8 Å². The van der Waals surface area contributed by atoms with E-state index in [4.69, 9.17) is 9.47 Å². The second kappa shape index (κ2) is 5.15. The molecule has 1 aromatic rings. The molecule has 0 saturated carbocycles. The maximum Gasteiger partial charge on any atom is 0.231 e. The largest absolute Gasteiger partial charge is 0.454 e. The molecule has 5 heteroatoms. The predicted molar refractivity (Wildman–Crippen MR) is 75.3 cm³/mol. The Kier molecular flexibility index (Phi) is 3.70. The first kappa shape index (κ1) is 14.4. The molecule has 5 nitrogen and oxygen atoms in total. The number of hydrogen-bond acceptors (Lipinski definition) is 4. The van der Waals surface area contributed by atoms with Gasteiger partial charge in [0.2, 0.25) is 12.7 Å². The molecular weight excluding hydrogens is 258 g/mol. The van der Waals surface area contributed by atoms with Gasteiger partial charge >= 0.3 is 0 Å². The first-order chi connectivity index (χ1) is 9.26. The normalized spacial score (nSPS) is 13.2. The monoisotopic (exact) mass is 277 g/mol. The Morgan fingerprint density at radius 3 is 2.35 bits per heavy atom. The Labute approximate surface area is 118 Å². The minimum absolute atomic E-state index is 0.114. The highest BCUT2D eigenvalue weighted by atomic mass is 16.7. The van der Waals surface area contributed by atoms with Crippen molar-refractivity contribution in [2.24, 2.45) is 5.41 Å². The van der Waals surface area contributed by atoms with E-state index in [9.17, 15) is 9.59 Å². The standard InChI is InChI=1S/C15H19NO4/c1-9(17)10-5-12-13(20-8-19-12)6-11(10)16-14(18)7-15(2,3)4/h5-6H,7-8H2,1-4H3,(H,16,18). The lowest BCUT2D eigenvalue weighted by molar-refractivity contribution is -0.117. The summed E-state index contributed by atoms with van der Waals surface area (Å²) in [7, 11) is 0. The van der Waals surface area contributed by atoms with Crippen molar-refractivity contribution in [2.75, 3.05) is 12.1 Å². The third kappa shape index (κ3) is 3.29. The van der Waals surface area contributed by atoms with Crippen molar-refractivity contribution in [2.45, 2.75) is 34.1 Å². The van der Waals surface area contributed by atoms with Crippen LogP contribution in [-0.2, 0) is 4.79 Å². The van der Waals surface area contributed by atoms with Crippen molar-refractivity contribution in [3.05, 3.63) is 17.7 Å². The number of fused-ring (bicyclic) bond motifs is 1. The fourth-order valence-electron chi connectivity index (χ4n) is 2.01. The number of carbonyl (C=O) groups excluding carboxylic acids is 2. The van der Waals surface area contributed by atoms with Crippen LogP contribution in [0.2, 0.25) is 0 Å². The minimum atomic E-state index is -0.130. The molecule has 0 radical (unpaired) electrons. The first-order valence-electron chi connectivity index (χ1n) is 6.51. The third-order valence-corrected chi connectivity index (χ3v) is 2.86. The van der Waals surface area contributed by atoms with E-state index >= 15 is 0 Å². The van der Waals surface area contributed by atoms with Crippen molar-refractivity contribution < 1.29 is 19.1 Å². The number of nitrogens with one attached hydrogen (secondary N) is 1. The molecule has 0 aromatic heterocycles. The predicted octanol–water partition coefficient (Wildman–Crippen LogP) is 2.99. The maximum atomic E-state index is 12.0. The topological polar surface area (TPSA) is 64.6 Å². The van der Waals surface area contributed by atoms with Crippen LogP contribution in [0.15, 0.2) is 12.1 Å². The van der Waals surface area contributed by atoms with E-state index in [2.05, 4.69) is 5.32 Å². The average molecular weight is 277 g/mol. The molecule has 1 aromatic carbocycles. The molecule has 0 fully saturated rings. The van der Waals surface area contributed by atoms with Crippen molar-refractivity contribution in [1.82, 2.24) is 0 Å². The van der Waals surface area contributed by atoms with Gasteiger partial charge in [-0.25, -0.2) is 0 Å². The number of Topliss-reactive ketones (excluding diaryl/α,β-unsaturated/α-hetero) is 1. The zero-order valence-electron chi connectivity index (χ0n) is 12.2. The van der Waals surface area contributed by atoms with Gasteiger partial charge in [-0.3, -0.25) is 9.59 Å². The van der Waals surface area contributed by atoms with Crippen LogP contribution in [0.5, 0.6) is 11.5 Å². The summed E-state index contributed by atoms with van der Waals surface area (Å²) in [5.41, 5.74) is 0.782. The van der Waals surface area contributed by atoms with E-state index in [0.29, 0.717) is 29.2 Å². The molecular formula is C15H19NO4. The number of amides is 1. The van der Waals surface area contributed by atoms with E-state index in [1.54, 1.807) is 12.1 Å². The Bertz CT molecular complexity index is 558. The summed E-state index contributed by atoms with van der Waals surface area (Å²) in [6.07, 6.45) is 0.374. The summed E-state index contributed by atoms with van der Waals surface area (Å²) < 4.78 is 10.5. The van der Waals surface area contributed by atoms with Crippen molar-refractivity contribution >= 4 is 17.4 Å². The van der Waals surface area contributed by atoms with Crippen LogP contribution in [0.25, 0.3) is 0 Å². The van der Waals surface area contributed by atoms with Gasteiger partial charge < -0.3 is 14.8 Å². The Balaban J connectivity index is 2.26. The summed E-state index contributed by atoms with van der Waals surface area (Å²) in [6.45, 7) is 7.54. The zero-order chi connectivity index (χ0) is 14.9. The van der Waals surface area contributed by atoms with Gasteiger partial charge in [0, 0.05) is 18.1 Å². The second-order valence-corrected chi connectivity index (χ2v) is 6.09.